The zero-order chi connectivity index (χ0) is 10.5. The lowest BCUT2D eigenvalue weighted by Crippen LogP contribution is -2.01. The van der Waals surface area contributed by atoms with E-state index in [1.165, 1.54) is 0 Å². The molecule has 0 aliphatic carbocycles. The van der Waals surface area contributed by atoms with Crippen LogP contribution in [-0.2, 0) is 13.5 Å². The molecular formula is C11H13N3O. The lowest BCUT2D eigenvalue weighted by atomic mass is 10.3. The molecule has 78 valence electrons. The smallest absolute Gasteiger partial charge is 0.157 e. The Labute approximate surface area is 88.5 Å². The maximum atomic E-state index is 5.51. The number of hydrogen-bond donors (Lipinski definition) is 0. The second kappa shape index (κ2) is 4.59. The minimum atomic E-state index is 0.628. The summed E-state index contributed by atoms with van der Waals surface area (Å²) < 4.78 is 7.23. The average molecular weight is 203 g/mol. The molecule has 4 heteroatoms. The van der Waals surface area contributed by atoms with E-state index in [0.717, 1.165) is 17.9 Å². The quantitative estimate of drug-likeness (QED) is 0.754. The topological polar surface area (TPSA) is 39.9 Å². The van der Waals surface area contributed by atoms with E-state index in [0.29, 0.717) is 6.61 Å². The molecule has 2 heterocycles. The summed E-state index contributed by atoms with van der Waals surface area (Å²) >= 11 is 0. The van der Waals surface area contributed by atoms with Crippen LogP contribution in [0.4, 0.5) is 0 Å². The first-order valence-corrected chi connectivity index (χ1v) is 4.86. The minimum Gasteiger partial charge on any atom is -0.490 e. The summed E-state index contributed by atoms with van der Waals surface area (Å²) in [5.41, 5.74) is 1.04. The fourth-order valence-corrected chi connectivity index (χ4v) is 1.29. The van der Waals surface area contributed by atoms with Crippen LogP contribution < -0.4 is 4.74 Å². The van der Waals surface area contributed by atoms with Crippen molar-refractivity contribution in [2.45, 2.75) is 6.42 Å². The molecule has 2 aromatic heterocycles. The maximum absolute atomic E-state index is 5.51. The Hall–Kier alpha value is -1.84. The summed E-state index contributed by atoms with van der Waals surface area (Å²) in [5, 5.41) is 4.02. The molecule has 0 amide bonds. The molecule has 0 atom stereocenters. The van der Waals surface area contributed by atoms with E-state index < -0.39 is 0 Å². The van der Waals surface area contributed by atoms with Crippen LogP contribution in [0.15, 0.2) is 36.8 Å². The Morgan fingerprint density at radius 1 is 1.40 bits per heavy atom. The predicted octanol–water partition coefficient (Wildman–Crippen LogP) is 1.44. The van der Waals surface area contributed by atoms with E-state index >= 15 is 0 Å². The normalized spacial score (nSPS) is 10.2. The van der Waals surface area contributed by atoms with E-state index in [-0.39, 0.29) is 0 Å². The number of aromatic nitrogens is 3. The van der Waals surface area contributed by atoms with Gasteiger partial charge in [-0.2, -0.15) is 5.10 Å². The van der Waals surface area contributed by atoms with Gasteiger partial charge in [0.25, 0.3) is 0 Å². The van der Waals surface area contributed by atoms with Crippen LogP contribution in [-0.4, -0.2) is 21.4 Å². The molecule has 0 saturated heterocycles. The Morgan fingerprint density at radius 2 is 2.33 bits per heavy atom. The van der Waals surface area contributed by atoms with Gasteiger partial charge in [-0.25, -0.2) is 0 Å². The fraction of sp³-hybridized carbons (Fsp3) is 0.273. The summed E-state index contributed by atoms with van der Waals surface area (Å²) in [4.78, 5) is 4.21. The van der Waals surface area contributed by atoms with Crippen LogP contribution >= 0.6 is 0 Å². The van der Waals surface area contributed by atoms with Crippen molar-refractivity contribution in [2.24, 2.45) is 7.05 Å². The molecule has 0 N–H and O–H groups in total. The standard InChI is InChI=1S/C11H13N3O/c1-14-9-11(8-13-14)15-7-5-10-4-2-3-6-12-10/h2-4,6,8-9H,5,7H2,1H3. The van der Waals surface area contributed by atoms with Gasteiger partial charge in [0.15, 0.2) is 5.75 Å². The van der Waals surface area contributed by atoms with Crippen molar-refractivity contribution in [1.82, 2.24) is 14.8 Å². The van der Waals surface area contributed by atoms with Gasteiger partial charge in [0.1, 0.15) is 0 Å². The van der Waals surface area contributed by atoms with Gasteiger partial charge < -0.3 is 4.74 Å². The molecular weight excluding hydrogens is 190 g/mol. The van der Waals surface area contributed by atoms with Crippen molar-refractivity contribution in [3.63, 3.8) is 0 Å². The first kappa shape index (κ1) is 9.71. The van der Waals surface area contributed by atoms with Crippen LogP contribution in [0, 0.1) is 0 Å². The van der Waals surface area contributed by atoms with Crippen molar-refractivity contribution < 1.29 is 4.74 Å². The molecule has 0 bridgehead atoms. The van der Waals surface area contributed by atoms with E-state index in [4.69, 9.17) is 4.74 Å². The van der Waals surface area contributed by atoms with Gasteiger partial charge in [-0.1, -0.05) is 6.07 Å². The highest BCUT2D eigenvalue weighted by Gasteiger charge is 1.97. The van der Waals surface area contributed by atoms with Crippen LogP contribution in [0.2, 0.25) is 0 Å². The van der Waals surface area contributed by atoms with Gasteiger partial charge in [-0.3, -0.25) is 9.67 Å². The highest BCUT2D eigenvalue weighted by Crippen LogP contribution is 2.07. The van der Waals surface area contributed by atoms with E-state index in [9.17, 15) is 0 Å². The molecule has 2 rings (SSSR count). The summed E-state index contributed by atoms with van der Waals surface area (Å²) in [6, 6.07) is 5.88. The molecule has 0 aromatic carbocycles. The van der Waals surface area contributed by atoms with Crippen molar-refractivity contribution in [2.75, 3.05) is 6.61 Å². The third-order valence-corrected chi connectivity index (χ3v) is 2.03. The van der Waals surface area contributed by atoms with Crippen LogP contribution in [0.3, 0.4) is 0 Å². The Balaban J connectivity index is 1.80. The van der Waals surface area contributed by atoms with Crippen molar-refractivity contribution in [3.05, 3.63) is 42.5 Å². The van der Waals surface area contributed by atoms with Gasteiger partial charge in [0.05, 0.1) is 19.0 Å². The average Bonchev–Trinajstić information content (AvgIpc) is 2.66. The number of nitrogens with zero attached hydrogens (tertiary/aromatic N) is 3. The fourth-order valence-electron chi connectivity index (χ4n) is 1.29. The number of pyridine rings is 1. The number of aryl methyl sites for hydroxylation is 1. The van der Waals surface area contributed by atoms with E-state index in [2.05, 4.69) is 10.1 Å². The van der Waals surface area contributed by atoms with Crippen LogP contribution in [0.25, 0.3) is 0 Å². The van der Waals surface area contributed by atoms with Gasteiger partial charge in [0, 0.05) is 25.4 Å². The number of hydrogen-bond acceptors (Lipinski definition) is 3. The second-order valence-corrected chi connectivity index (χ2v) is 3.27. The van der Waals surface area contributed by atoms with Gasteiger partial charge >= 0.3 is 0 Å². The van der Waals surface area contributed by atoms with Gasteiger partial charge in [-0.05, 0) is 12.1 Å². The summed E-state index contributed by atoms with van der Waals surface area (Å²) in [5.74, 6) is 0.799. The lowest BCUT2D eigenvalue weighted by molar-refractivity contribution is 0.320. The van der Waals surface area contributed by atoms with Crippen LogP contribution in [0.1, 0.15) is 5.69 Å². The zero-order valence-electron chi connectivity index (χ0n) is 8.63. The SMILES string of the molecule is Cn1cc(OCCc2ccccn2)cn1. The third-order valence-electron chi connectivity index (χ3n) is 2.03. The molecule has 2 aromatic rings. The molecule has 0 saturated carbocycles. The maximum Gasteiger partial charge on any atom is 0.157 e. The molecule has 0 radical (unpaired) electrons. The highest BCUT2D eigenvalue weighted by molar-refractivity contribution is 5.11. The summed E-state index contributed by atoms with van der Waals surface area (Å²) in [7, 11) is 1.87. The third kappa shape index (κ3) is 2.80. The van der Waals surface area contributed by atoms with Crippen molar-refractivity contribution >= 4 is 0 Å². The van der Waals surface area contributed by atoms with E-state index in [1.54, 1.807) is 17.1 Å². The first-order valence-electron chi connectivity index (χ1n) is 4.86. The van der Waals surface area contributed by atoms with E-state index in [1.807, 2.05) is 31.4 Å². The highest BCUT2D eigenvalue weighted by atomic mass is 16.5. The summed E-state index contributed by atoms with van der Waals surface area (Å²) in [6.45, 7) is 0.628. The molecule has 15 heavy (non-hydrogen) atoms. The molecule has 0 spiro atoms. The van der Waals surface area contributed by atoms with Crippen LogP contribution in [0.5, 0.6) is 5.75 Å². The second-order valence-electron chi connectivity index (χ2n) is 3.27. The monoisotopic (exact) mass is 203 g/mol. The van der Waals surface area contributed by atoms with Gasteiger partial charge in [-0.15, -0.1) is 0 Å². The predicted molar refractivity (Wildman–Crippen MR) is 56.6 cm³/mol. The molecule has 0 aliphatic rings. The van der Waals surface area contributed by atoms with Crippen molar-refractivity contribution in [1.29, 1.82) is 0 Å². The molecule has 0 fully saturated rings. The molecule has 0 unspecified atom stereocenters. The lowest BCUT2D eigenvalue weighted by Gasteiger charge is -2.02. The van der Waals surface area contributed by atoms with Crippen molar-refractivity contribution in [3.8, 4) is 5.75 Å². The molecule has 4 nitrogen and oxygen atoms in total. The largest absolute Gasteiger partial charge is 0.490 e. The Kier molecular flexibility index (Phi) is 2.97. The minimum absolute atomic E-state index is 0.628. The first-order chi connectivity index (χ1) is 7.34. The molecule has 0 aliphatic heterocycles. The Morgan fingerprint density at radius 3 is 3.00 bits per heavy atom. The van der Waals surface area contributed by atoms with Gasteiger partial charge in [0.2, 0.25) is 0 Å². The Bertz CT molecular complexity index is 411. The number of ether oxygens (including phenoxy) is 1. The number of rotatable bonds is 4. The summed E-state index contributed by atoms with van der Waals surface area (Å²) in [6.07, 6.45) is 6.16. The zero-order valence-corrected chi connectivity index (χ0v) is 8.63.